The molecule has 2 aliphatic carbocycles. The first-order valence-electron chi connectivity index (χ1n) is 11.9. The van der Waals surface area contributed by atoms with Gasteiger partial charge in [-0.15, -0.1) is 0 Å². The quantitative estimate of drug-likeness (QED) is 0.444. The van der Waals surface area contributed by atoms with Crippen LogP contribution in [-0.2, 0) is 6.42 Å². The summed E-state index contributed by atoms with van der Waals surface area (Å²) < 4.78 is 2.25. The molecule has 0 radical (unpaired) electrons. The zero-order valence-electron chi connectivity index (χ0n) is 18.5. The highest BCUT2D eigenvalue weighted by molar-refractivity contribution is 5.84. The first kappa shape index (κ1) is 21.0. The van der Waals surface area contributed by atoms with E-state index in [4.69, 9.17) is 20.7 Å². The van der Waals surface area contributed by atoms with E-state index >= 15 is 0 Å². The maximum Gasteiger partial charge on any atom is 0.227 e. The Labute approximate surface area is 188 Å². The van der Waals surface area contributed by atoms with Crippen molar-refractivity contribution in [3.8, 4) is 5.75 Å². The first-order chi connectivity index (χ1) is 15.7. The van der Waals surface area contributed by atoms with Crippen LogP contribution >= 0.6 is 0 Å². The van der Waals surface area contributed by atoms with E-state index in [0.29, 0.717) is 24.1 Å². The fraction of sp³-hybridized carbons (Fsp3) is 0.542. The second-order valence-electron chi connectivity index (χ2n) is 9.26. The van der Waals surface area contributed by atoms with Gasteiger partial charge in [-0.1, -0.05) is 25.0 Å². The van der Waals surface area contributed by atoms with Crippen molar-refractivity contribution in [3.63, 3.8) is 0 Å². The number of anilines is 2. The summed E-state index contributed by atoms with van der Waals surface area (Å²) in [6.07, 6.45) is 11.8. The van der Waals surface area contributed by atoms with Crippen LogP contribution in [0.5, 0.6) is 5.75 Å². The largest absolute Gasteiger partial charge is 0.508 e. The highest BCUT2D eigenvalue weighted by Crippen LogP contribution is 2.33. The summed E-state index contributed by atoms with van der Waals surface area (Å²) in [6.45, 7) is 0.727. The van der Waals surface area contributed by atoms with Gasteiger partial charge in [0.25, 0.3) is 0 Å². The second kappa shape index (κ2) is 9.32. The van der Waals surface area contributed by atoms with Crippen molar-refractivity contribution in [1.82, 2.24) is 19.5 Å². The number of aromatic nitrogens is 4. The van der Waals surface area contributed by atoms with Crippen LogP contribution in [0, 0.1) is 0 Å². The van der Waals surface area contributed by atoms with Crippen LogP contribution in [0.3, 0.4) is 0 Å². The number of fused-ring (bicyclic) bond motifs is 1. The Balaban J connectivity index is 1.38. The zero-order valence-corrected chi connectivity index (χ0v) is 18.5. The third-order valence-electron chi connectivity index (χ3n) is 6.89. The molecule has 170 valence electrons. The summed E-state index contributed by atoms with van der Waals surface area (Å²) in [7, 11) is 0. The van der Waals surface area contributed by atoms with Gasteiger partial charge in [-0.05, 0) is 62.6 Å². The van der Waals surface area contributed by atoms with Gasteiger partial charge >= 0.3 is 0 Å². The number of hydrogen-bond acceptors (Lipinski definition) is 7. The van der Waals surface area contributed by atoms with Gasteiger partial charge in [0.15, 0.2) is 17.0 Å². The van der Waals surface area contributed by atoms with E-state index in [-0.39, 0.29) is 5.75 Å². The molecule has 1 aromatic carbocycles. The van der Waals surface area contributed by atoms with Crippen molar-refractivity contribution in [1.29, 1.82) is 0 Å². The predicted octanol–water partition coefficient (Wildman–Crippen LogP) is 3.98. The molecule has 0 aliphatic heterocycles. The van der Waals surface area contributed by atoms with Gasteiger partial charge in [0, 0.05) is 24.7 Å². The number of nitrogens with zero attached hydrogens (tertiary/aromatic N) is 4. The Morgan fingerprint density at radius 1 is 1.00 bits per heavy atom. The first-order valence-corrected chi connectivity index (χ1v) is 11.9. The van der Waals surface area contributed by atoms with Gasteiger partial charge in [0.05, 0.1) is 6.33 Å². The van der Waals surface area contributed by atoms with Crippen molar-refractivity contribution in [2.45, 2.75) is 75.9 Å². The molecule has 2 aliphatic rings. The molecule has 2 heterocycles. The van der Waals surface area contributed by atoms with Crippen molar-refractivity contribution < 1.29 is 5.11 Å². The molecular weight excluding hydrogens is 402 g/mol. The third-order valence-corrected chi connectivity index (χ3v) is 6.89. The fourth-order valence-corrected chi connectivity index (χ4v) is 4.99. The van der Waals surface area contributed by atoms with E-state index in [1.807, 2.05) is 18.5 Å². The molecule has 0 bridgehead atoms. The second-order valence-corrected chi connectivity index (χ2v) is 9.26. The minimum absolute atomic E-state index is 0.288. The molecule has 2 fully saturated rings. The maximum atomic E-state index is 9.49. The zero-order chi connectivity index (χ0) is 21.9. The summed E-state index contributed by atoms with van der Waals surface area (Å²) >= 11 is 0. The molecule has 0 atom stereocenters. The lowest BCUT2D eigenvalue weighted by molar-refractivity contribution is 0.410. The monoisotopic (exact) mass is 435 g/mol. The summed E-state index contributed by atoms with van der Waals surface area (Å²) in [4.78, 5) is 14.4. The predicted molar refractivity (Wildman–Crippen MR) is 127 cm³/mol. The number of imidazole rings is 1. The molecule has 2 aromatic heterocycles. The number of aromatic hydroxyl groups is 1. The number of benzene rings is 1. The highest BCUT2D eigenvalue weighted by Gasteiger charge is 2.23. The minimum Gasteiger partial charge on any atom is -0.508 e. The molecule has 0 amide bonds. The standard InChI is InChI=1S/C24H33N7O/c25-17-7-9-18(10-8-17)28-24-29-22(26-14-13-16-5-11-20(32)12-6-16)21-23(30-24)31(15-27-21)19-3-1-2-4-19/h5-6,11-12,15,17-19,32H,1-4,7-10,13-14,25H2,(H2,26,28,29,30). The third kappa shape index (κ3) is 4.65. The molecule has 32 heavy (non-hydrogen) atoms. The van der Waals surface area contributed by atoms with Crippen molar-refractivity contribution >= 4 is 22.9 Å². The molecule has 8 heteroatoms. The molecular formula is C24H33N7O. The fourth-order valence-electron chi connectivity index (χ4n) is 4.99. The highest BCUT2D eigenvalue weighted by atomic mass is 16.3. The molecule has 5 N–H and O–H groups in total. The molecule has 0 saturated heterocycles. The van der Waals surface area contributed by atoms with E-state index in [1.54, 1.807) is 12.1 Å². The van der Waals surface area contributed by atoms with Gasteiger partial charge < -0.3 is 26.0 Å². The van der Waals surface area contributed by atoms with Crippen LogP contribution < -0.4 is 16.4 Å². The van der Waals surface area contributed by atoms with Crippen molar-refractivity contribution in [3.05, 3.63) is 36.2 Å². The van der Waals surface area contributed by atoms with E-state index in [0.717, 1.165) is 61.2 Å². The van der Waals surface area contributed by atoms with Gasteiger partial charge in [-0.2, -0.15) is 9.97 Å². The number of hydrogen-bond donors (Lipinski definition) is 4. The summed E-state index contributed by atoms with van der Waals surface area (Å²) in [5.74, 6) is 1.74. The number of phenols is 1. The normalized spacial score (nSPS) is 21.8. The average Bonchev–Trinajstić information content (AvgIpc) is 3.46. The van der Waals surface area contributed by atoms with E-state index < -0.39 is 0 Å². The number of phenolic OH excluding ortho intramolecular Hbond substituents is 1. The molecule has 0 unspecified atom stereocenters. The van der Waals surface area contributed by atoms with Gasteiger partial charge in [-0.25, -0.2) is 4.98 Å². The Morgan fingerprint density at radius 3 is 2.50 bits per heavy atom. The smallest absolute Gasteiger partial charge is 0.227 e. The van der Waals surface area contributed by atoms with Crippen LogP contribution in [0.25, 0.3) is 11.2 Å². The number of nitrogens with one attached hydrogen (secondary N) is 2. The molecule has 5 rings (SSSR count). The Bertz CT molecular complexity index is 1030. The van der Waals surface area contributed by atoms with E-state index in [2.05, 4.69) is 15.2 Å². The lowest BCUT2D eigenvalue weighted by Gasteiger charge is -2.27. The summed E-state index contributed by atoms with van der Waals surface area (Å²) in [5, 5.41) is 16.6. The van der Waals surface area contributed by atoms with Gasteiger partial charge in [0.1, 0.15) is 5.75 Å². The molecule has 0 spiro atoms. The van der Waals surface area contributed by atoms with Crippen LogP contribution in [0.15, 0.2) is 30.6 Å². The lowest BCUT2D eigenvalue weighted by atomic mass is 9.92. The molecule has 3 aromatic rings. The van der Waals surface area contributed by atoms with Gasteiger partial charge in [0.2, 0.25) is 5.95 Å². The Kier molecular flexibility index (Phi) is 6.12. The van der Waals surface area contributed by atoms with E-state index in [9.17, 15) is 5.11 Å². The van der Waals surface area contributed by atoms with Crippen LogP contribution in [0.1, 0.15) is 63.0 Å². The molecule has 8 nitrogen and oxygen atoms in total. The van der Waals surface area contributed by atoms with Gasteiger partial charge in [-0.3, -0.25) is 0 Å². The minimum atomic E-state index is 0.288. The SMILES string of the molecule is NC1CCC(Nc2nc(NCCc3ccc(O)cc3)c3ncn(C4CCCC4)c3n2)CC1. The Morgan fingerprint density at radius 2 is 1.75 bits per heavy atom. The van der Waals surface area contributed by atoms with Crippen molar-refractivity contribution in [2.24, 2.45) is 5.73 Å². The average molecular weight is 436 g/mol. The van der Waals surface area contributed by atoms with E-state index in [1.165, 1.54) is 25.7 Å². The lowest BCUT2D eigenvalue weighted by Crippen LogP contribution is -2.33. The maximum absolute atomic E-state index is 9.49. The summed E-state index contributed by atoms with van der Waals surface area (Å²) in [6, 6.07) is 8.49. The van der Waals surface area contributed by atoms with Crippen LogP contribution in [0.2, 0.25) is 0 Å². The van der Waals surface area contributed by atoms with Crippen molar-refractivity contribution in [2.75, 3.05) is 17.2 Å². The Hall–Kier alpha value is -2.87. The van der Waals surface area contributed by atoms with Crippen LogP contribution in [0.4, 0.5) is 11.8 Å². The topological polar surface area (TPSA) is 114 Å². The number of nitrogens with two attached hydrogens (primary N) is 1. The molecule has 2 saturated carbocycles. The summed E-state index contributed by atoms with van der Waals surface area (Å²) in [5.41, 5.74) is 8.99. The van der Waals surface area contributed by atoms with Crippen LogP contribution in [-0.4, -0.2) is 43.3 Å². The number of rotatable bonds is 7.